The molecule has 1 amide bonds. The van der Waals surface area contributed by atoms with Crippen LogP contribution in [0.15, 0.2) is 0 Å². The number of carbonyl (C=O) groups excluding carboxylic acids is 1. The van der Waals surface area contributed by atoms with Crippen molar-refractivity contribution in [2.45, 2.75) is 95.4 Å². The van der Waals surface area contributed by atoms with E-state index in [1.54, 1.807) is 0 Å². The van der Waals surface area contributed by atoms with Crippen molar-refractivity contribution in [1.82, 2.24) is 10.2 Å². The lowest BCUT2D eigenvalue weighted by molar-refractivity contribution is -0.141. The Morgan fingerprint density at radius 1 is 1.12 bits per heavy atom. The number of carbonyl (C=O) groups is 2. The maximum Gasteiger partial charge on any atom is 0.317 e. The molecule has 0 spiro atoms. The summed E-state index contributed by atoms with van der Waals surface area (Å²) in [5.41, 5.74) is 0. The quantitative estimate of drug-likeness (QED) is 0.613. The van der Waals surface area contributed by atoms with Crippen LogP contribution < -0.4 is 5.32 Å². The molecule has 26 heavy (non-hydrogen) atoms. The van der Waals surface area contributed by atoms with E-state index >= 15 is 0 Å². The molecule has 0 aliphatic heterocycles. The molecule has 2 N–H and O–H groups in total. The molecular formula is C20H34N2O4. The first-order valence-corrected chi connectivity index (χ1v) is 10.4. The Labute approximate surface area is 156 Å². The summed E-state index contributed by atoms with van der Waals surface area (Å²) < 4.78 is 5.99. The van der Waals surface area contributed by atoms with Gasteiger partial charge in [0.05, 0.1) is 12.6 Å². The van der Waals surface area contributed by atoms with Gasteiger partial charge in [-0.2, -0.15) is 0 Å². The Bertz CT molecular complexity index is 480. The zero-order valence-corrected chi connectivity index (χ0v) is 16.0. The highest BCUT2D eigenvalue weighted by molar-refractivity contribution is 5.80. The summed E-state index contributed by atoms with van der Waals surface area (Å²) in [4.78, 5) is 25.6. The van der Waals surface area contributed by atoms with Crippen molar-refractivity contribution < 1.29 is 19.4 Å². The monoisotopic (exact) mass is 366 g/mol. The molecule has 3 aliphatic carbocycles. The minimum absolute atomic E-state index is 0.0234. The molecule has 0 aromatic carbocycles. The average Bonchev–Trinajstić information content (AvgIpc) is 3.37. The second-order valence-corrected chi connectivity index (χ2v) is 8.49. The van der Waals surface area contributed by atoms with E-state index in [9.17, 15) is 9.59 Å². The van der Waals surface area contributed by atoms with Crippen LogP contribution in [0.25, 0.3) is 0 Å². The van der Waals surface area contributed by atoms with Gasteiger partial charge in [0, 0.05) is 18.6 Å². The maximum absolute atomic E-state index is 12.4. The molecular weight excluding hydrogens is 332 g/mol. The third-order valence-electron chi connectivity index (χ3n) is 6.07. The number of amides is 1. The average molecular weight is 367 g/mol. The topological polar surface area (TPSA) is 78.9 Å². The molecule has 3 rings (SSSR count). The van der Waals surface area contributed by atoms with E-state index in [1.807, 2.05) is 6.92 Å². The van der Waals surface area contributed by atoms with Crippen molar-refractivity contribution in [3.05, 3.63) is 0 Å². The number of hydrogen-bond donors (Lipinski definition) is 2. The highest BCUT2D eigenvalue weighted by Gasteiger charge is 2.38. The minimum Gasteiger partial charge on any atom is -0.480 e. The molecule has 0 saturated heterocycles. The molecule has 0 heterocycles. The number of ether oxygens (including phenoxy) is 1. The lowest BCUT2D eigenvalue weighted by atomic mass is 9.85. The van der Waals surface area contributed by atoms with Gasteiger partial charge in [0.25, 0.3) is 0 Å². The minimum atomic E-state index is -0.761. The van der Waals surface area contributed by atoms with Gasteiger partial charge in [-0.15, -0.1) is 0 Å². The Balaban J connectivity index is 1.37. The summed E-state index contributed by atoms with van der Waals surface area (Å²) in [6.07, 6.45) is 11.0. The number of hydrogen-bond acceptors (Lipinski definition) is 4. The van der Waals surface area contributed by atoms with Crippen LogP contribution in [0.1, 0.15) is 71.1 Å². The van der Waals surface area contributed by atoms with E-state index in [-0.39, 0.29) is 30.6 Å². The second kappa shape index (κ2) is 9.18. The molecule has 3 aliphatic rings. The van der Waals surface area contributed by atoms with Gasteiger partial charge >= 0.3 is 5.97 Å². The molecule has 3 saturated carbocycles. The van der Waals surface area contributed by atoms with E-state index in [1.165, 1.54) is 38.5 Å². The molecule has 1 unspecified atom stereocenters. The Hall–Kier alpha value is -1.14. The number of nitrogens with one attached hydrogen (secondary N) is 1. The number of nitrogens with zero attached hydrogens (tertiary/aromatic N) is 1. The summed E-state index contributed by atoms with van der Waals surface area (Å²) in [7, 11) is 0. The lowest BCUT2D eigenvalue weighted by Gasteiger charge is -2.43. The van der Waals surface area contributed by atoms with Crippen LogP contribution in [0.3, 0.4) is 0 Å². The SMILES string of the molecule is CC(OC1CCCCCC1)C(=O)NC1CC(N(CC(=O)O)CC2CC2)C1. The van der Waals surface area contributed by atoms with Crippen molar-refractivity contribution in [3.63, 3.8) is 0 Å². The Morgan fingerprint density at radius 2 is 1.77 bits per heavy atom. The van der Waals surface area contributed by atoms with Crippen LogP contribution in [-0.4, -0.2) is 59.3 Å². The second-order valence-electron chi connectivity index (χ2n) is 8.49. The number of carboxylic acids is 1. The largest absolute Gasteiger partial charge is 0.480 e. The maximum atomic E-state index is 12.4. The van der Waals surface area contributed by atoms with Crippen molar-refractivity contribution in [2.24, 2.45) is 5.92 Å². The van der Waals surface area contributed by atoms with Gasteiger partial charge < -0.3 is 15.2 Å². The van der Waals surface area contributed by atoms with Gasteiger partial charge in [-0.25, -0.2) is 0 Å². The normalized spacial score (nSPS) is 28.2. The molecule has 0 radical (unpaired) electrons. The number of rotatable bonds is 9. The molecule has 1 atom stereocenters. The fraction of sp³-hybridized carbons (Fsp3) is 0.900. The summed E-state index contributed by atoms with van der Waals surface area (Å²) in [6, 6.07) is 0.443. The van der Waals surface area contributed by atoms with Gasteiger partial charge in [0.1, 0.15) is 6.10 Å². The van der Waals surface area contributed by atoms with Crippen LogP contribution in [0.4, 0.5) is 0 Å². The zero-order chi connectivity index (χ0) is 18.5. The summed E-state index contributed by atoms with van der Waals surface area (Å²) in [6.45, 7) is 2.85. The van der Waals surface area contributed by atoms with Crippen LogP contribution in [0.2, 0.25) is 0 Å². The molecule has 6 nitrogen and oxygen atoms in total. The third kappa shape index (κ3) is 5.95. The van der Waals surface area contributed by atoms with Crippen LogP contribution in [-0.2, 0) is 14.3 Å². The molecule has 0 aromatic heterocycles. The van der Waals surface area contributed by atoms with Gasteiger partial charge in [-0.05, 0) is 51.4 Å². The van der Waals surface area contributed by atoms with E-state index in [0.717, 1.165) is 32.2 Å². The predicted molar refractivity (Wildman–Crippen MR) is 98.9 cm³/mol. The molecule has 0 aromatic rings. The molecule has 6 heteroatoms. The van der Waals surface area contributed by atoms with Gasteiger partial charge in [-0.1, -0.05) is 25.7 Å². The first-order chi connectivity index (χ1) is 12.5. The molecule has 148 valence electrons. The highest BCUT2D eigenvalue weighted by atomic mass is 16.5. The smallest absolute Gasteiger partial charge is 0.317 e. The summed E-state index contributed by atoms with van der Waals surface area (Å²) in [5.74, 6) is -0.107. The van der Waals surface area contributed by atoms with E-state index in [4.69, 9.17) is 9.84 Å². The van der Waals surface area contributed by atoms with Gasteiger partial charge in [0.15, 0.2) is 0 Å². The molecule has 0 bridgehead atoms. The first kappa shape index (κ1) is 19.6. The Kier molecular flexibility index (Phi) is 6.92. The van der Waals surface area contributed by atoms with Crippen LogP contribution in [0.5, 0.6) is 0 Å². The van der Waals surface area contributed by atoms with Crippen molar-refractivity contribution in [2.75, 3.05) is 13.1 Å². The summed E-state index contributed by atoms with van der Waals surface area (Å²) in [5, 5.41) is 12.2. The fourth-order valence-corrected chi connectivity index (χ4v) is 4.20. The molecule has 3 fully saturated rings. The zero-order valence-electron chi connectivity index (χ0n) is 16.0. The summed E-state index contributed by atoms with van der Waals surface area (Å²) >= 11 is 0. The van der Waals surface area contributed by atoms with Crippen molar-refractivity contribution >= 4 is 11.9 Å². The van der Waals surface area contributed by atoms with Gasteiger partial charge in [0.2, 0.25) is 5.91 Å². The lowest BCUT2D eigenvalue weighted by Crippen LogP contribution is -2.56. The predicted octanol–water partition coefficient (Wildman–Crippen LogP) is 2.56. The van der Waals surface area contributed by atoms with E-state index < -0.39 is 12.1 Å². The number of carboxylic acid groups (broad SMARTS) is 1. The number of aliphatic carboxylic acids is 1. The van der Waals surface area contributed by atoms with Crippen molar-refractivity contribution in [3.8, 4) is 0 Å². The fourth-order valence-electron chi connectivity index (χ4n) is 4.20. The van der Waals surface area contributed by atoms with Crippen molar-refractivity contribution in [1.29, 1.82) is 0 Å². The third-order valence-corrected chi connectivity index (χ3v) is 6.07. The van der Waals surface area contributed by atoms with Crippen LogP contribution >= 0.6 is 0 Å². The Morgan fingerprint density at radius 3 is 2.35 bits per heavy atom. The van der Waals surface area contributed by atoms with E-state index in [2.05, 4.69) is 10.2 Å². The highest BCUT2D eigenvalue weighted by Crippen LogP contribution is 2.33. The standard InChI is InChI=1S/C20H34N2O4/c1-14(26-18-6-4-2-3-5-7-18)20(25)21-16-10-17(11-16)22(13-19(23)24)12-15-8-9-15/h14-18H,2-13H2,1H3,(H,21,25)(H,23,24). The van der Waals surface area contributed by atoms with Gasteiger partial charge in [-0.3, -0.25) is 14.5 Å². The first-order valence-electron chi connectivity index (χ1n) is 10.4. The van der Waals surface area contributed by atoms with E-state index in [0.29, 0.717) is 5.92 Å². The van der Waals surface area contributed by atoms with Crippen LogP contribution in [0, 0.1) is 5.92 Å².